The summed E-state index contributed by atoms with van der Waals surface area (Å²) in [6.45, 7) is 4.57. The van der Waals surface area contributed by atoms with Crippen molar-refractivity contribution >= 4 is 11.9 Å². The van der Waals surface area contributed by atoms with Gasteiger partial charge < -0.3 is 21.3 Å². The fraction of sp³-hybridized carbons (Fsp3) is 0.467. The topological polar surface area (TPSA) is 114 Å². The number of benzene rings is 2. The zero-order chi connectivity index (χ0) is 26.6. The van der Waals surface area contributed by atoms with Crippen LogP contribution in [0.3, 0.4) is 0 Å². The molecule has 3 atom stereocenters. The lowest BCUT2D eigenvalue weighted by Gasteiger charge is -2.40. The second-order valence-electron chi connectivity index (χ2n) is 10.1. The summed E-state index contributed by atoms with van der Waals surface area (Å²) >= 11 is 0. The molecule has 2 aromatic rings. The number of unbranched alkanes of at least 4 members (excludes halogenated alkanes) is 1. The van der Waals surface area contributed by atoms with Gasteiger partial charge in [-0.3, -0.25) is 9.69 Å². The van der Waals surface area contributed by atoms with Crippen molar-refractivity contribution < 1.29 is 14.6 Å². The van der Waals surface area contributed by atoms with E-state index < -0.39 is 11.8 Å². The van der Waals surface area contributed by atoms with E-state index in [1.54, 1.807) is 4.90 Å². The molecule has 0 radical (unpaired) electrons. The Balaban J connectivity index is 1.71. The van der Waals surface area contributed by atoms with Crippen molar-refractivity contribution in [2.75, 3.05) is 6.61 Å². The molecule has 5 N–H and O–H groups in total. The Morgan fingerprint density at radius 3 is 2.70 bits per heavy atom. The van der Waals surface area contributed by atoms with Crippen LogP contribution in [-0.4, -0.2) is 34.0 Å². The number of aliphatic hydroxyl groups excluding tert-OH is 1. The van der Waals surface area contributed by atoms with Gasteiger partial charge in [0, 0.05) is 12.3 Å². The predicted octanol–water partition coefficient (Wildman–Crippen LogP) is 4.31. The summed E-state index contributed by atoms with van der Waals surface area (Å²) in [7, 11) is 0. The molecule has 0 saturated heterocycles. The Morgan fingerprint density at radius 1 is 1.27 bits per heavy atom. The van der Waals surface area contributed by atoms with Crippen LogP contribution in [0, 0.1) is 12.3 Å². The summed E-state index contributed by atoms with van der Waals surface area (Å²) in [6.07, 6.45) is 8.88. The largest absolute Gasteiger partial charge is 0.493 e. The molecule has 4 rings (SSSR count). The van der Waals surface area contributed by atoms with Crippen molar-refractivity contribution in [1.29, 1.82) is 0 Å². The minimum Gasteiger partial charge on any atom is -0.493 e. The van der Waals surface area contributed by atoms with Gasteiger partial charge in [0.1, 0.15) is 12.0 Å². The van der Waals surface area contributed by atoms with Gasteiger partial charge in [-0.1, -0.05) is 44.2 Å². The van der Waals surface area contributed by atoms with Crippen molar-refractivity contribution in [1.82, 2.24) is 4.90 Å². The molecular weight excluding hydrogens is 464 g/mol. The number of para-hydroxylation sites is 1. The monoisotopic (exact) mass is 502 g/mol. The quantitative estimate of drug-likeness (QED) is 0.269. The maximum atomic E-state index is 13.5. The van der Waals surface area contributed by atoms with Gasteiger partial charge in [-0.2, -0.15) is 0 Å². The van der Waals surface area contributed by atoms with Crippen LogP contribution in [0.1, 0.15) is 92.8 Å². The van der Waals surface area contributed by atoms with Crippen molar-refractivity contribution in [3.63, 3.8) is 0 Å². The third-order valence-electron chi connectivity index (χ3n) is 7.91. The number of nitrogens with two attached hydrogens (primary N) is 2. The number of aliphatic hydroxyl groups is 1. The summed E-state index contributed by atoms with van der Waals surface area (Å²) < 4.78 is 6.01. The van der Waals surface area contributed by atoms with E-state index in [2.05, 4.69) is 12.0 Å². The number of hydrogen-bond acceptors (Lipinski definition) is 6. The van der Waals surface area contributed by atoms with Gasteiger partial charge >= 0.3 is 0 Å². The Kier molecular flexibility index (Phi) is 8.21. The molecule has 2 aliphatic rings. The maximum Gasteiger partial charge on any atom is 0.232 e. The molecule has 3 unspecified atom stereocenters. The van der Waals surface area contributed by atoms with Crippen molar-refractivity contribution in [2.24, 2.45) is 16.5 Å². The lowest BCUT2D eigenvalue weighted by molar-refractivity contribution is -0.131. The Bertz CT molecular complexity index is 1200. The molecule has 7 nitrogen and oxygen atoms in total. The number of terminal acetylenes is 1. The number of ether oxygens (including phenoxy) is 1. The highest BCUT2D eigenvalue weighted by molar-refractivity contribution is 5.99. The number of fused-ring (bicyclic) bond motifs is 1. The minimum atomic E-state index is -1.17. The Labute approximate surface area is 219 Å². The average molecular weight is 503 g/mol. The zero-order valence-corrected chi connectivity index (χ0v) is 21.8. The van der Waals surface area contributed by atoms with Gasteiger partial charge in [0.2, 0.25) is 5.91 Å². The SMILES string of the molecule is C#CCCCC(c1ccc(C2COc3ccccc3C2)c(C(N)O)c1)N1C(=O)CC(CC)(CC)N=C1N. The van der Waals surface area contributed by atoms with Crippen molar-refractivity contribution in [2.45, 2.75) is 82.5 Å². The van der Waals surface area contributed by atoms with Gasteiger partial charge in [0.25, 0.3) is 0 Å². The maximum absolute atomic E-state index is 13.5. The number of carbonyl (C=O) groups is 1. The molecule has 0 bridgehead atoms. The molecule has 0 aliphatic carbocycles. The van der Waals surface area contributed by atoms with Gasteiger partial charge in [0.15, 0.2) is 5.96 Å². The molecule has 196 valence electrons. The first-order valence-corrected chi connectivity index (χ1v) is 13.2. The van der Waals surface area contributed by atoms with Gasteiger partial charge in [-0.05, 0) is 66.5 Å². The normalized spacial score (nSPS) is 20.3. The molecule has 0 saturated carbocycles. The van der Waals surface area contributed by atoms with E-state index in [0.717, 1.165) is 48.1 Å². The van der Waals surface area contributed by atoms with Crippen LogP contribution < -0.4 is 16.2 Å². The molecule has 0 aromatic heterocycles. The van der Waals surface area contributed by atoms with Crippen LogP contribution in [0.5, 0.6) is 5.75 Å². The summed E-state index contributed by atoms with van der Waals surface area (Å²) in [4.78, 5) is 19.9. The van der Waals surface area contributed by atoms with Gasteiger partial charge in [-0.15, -0.1) is 12.3 Å². The van der Waals surface area contributed by atoms with Gasteiger partial charge in [-0.25, -0.2) is 4.99 Å². The lowest BCUT2D eigenvalue weighted by atomic mass is 9.84. The van der Waals surface area contributed by atoms with Crippen LogP contribution >= 0.6 is 0 Å². The van der Waals surface area contributed by atoms with Crippen molar-refractivity contribution in [3.05, 3.63) is 64.7 Å². The first-order valence-electron chi connectivity index (χ1n) is 13.2. The van der Waals surface area contributed by atoms with E-state index >= 15 is 0 Å². The molecule has 2 aromatic carbocycles. The fourth-order valence-electron chi connectivity index (χ4n) is 5.62. The van der Waals surface area contributed by atoms with E-state index in [0.29, 0.717) is 31.4 Å². The van der Waals surface area contributed by atoms with Crippen molar-refractivity contribution in [3.8, 4) is 18.1 Å². The Hall–Kier alpha value is -3.34. The summed E-state index contributed by atoms with van der Waals surface area (Å²) in [5.41, 5.74) is 15.6. The smallest absolute Gasteiger partial charge is 0.232 e. The molecule has 1 amide bonds. The molecule has 0 fully saturated rings. The Morgan fingerprint density at radius 2 is 2.03 bits per heavy atom. The van der Waals surface area contributed by atoms with E-state index in [-0.39, 0.29) is 23.8 Å². The third-order valence-corrected chi connectivity index (χ3v) is 7.91. The molecular formula is C30H38N4O3. The minimum absolute atomic E-state index is 0.0434. The highest BCUT2D eigenvalue weighted by atomic mass is 16.5. The highest BCUT2D eigenvalue weighted by Gasteiger charge is 2.40. The fourth-order valence-corrected chi connectivity index (χ4v) is 5.62. The molecule has 2 aliphatic heterocycles. The number of amides is 1. The number of guanidine groups is 1. The van der Waals surface area contributed by atoms with Gasteiger partial charge in [0.05, 0.1) is 24.6 Å². The second-order valence-corrected chi connectivity index (χ2v) is 10.1. The summed E-state index contributed by atoms with van der Waals surface area (Å²) in [5.74, 6) is 3.82. The van der Waals surface area contributed by atoms with Crippen LogP contribution in [0.25, 0.3) is 0 Å². The predicted molar refractivity (Wildman–Crippen MR) is 146 cm³/mol. The summed E-state index contributed by atoms with van der Waals surface area (Å²) in [5, 5.41) is 10.6. The molecule has 2 heterocycles. The average Bonchev–Trinajstić information content (AvgIpc) is 2.91. The number of carbonyl (C=O) groups excluding carboxylic acids is 1. The first kappa shape index (κ1) is 26.7. The highest BCUT2D eigenvalue weighted by Crippen LogP contribution is 2.39. The lowest BCUT2D eigenvalue weighted by Crippen LogP contribution is -2.52. The number of aliphatic imine (C=N–C) groups is 1. The van der Waals surface area contributed by atoms with E-state index in [4.69, 9.17) is 27.6 Å². The number of rotatable bonds is 9. The number of hydrogen-bond donors (Lipinski definition) is 3. The standard InChI is InChI=1S/C30H38N4O3/c1-4-7-8-12-25(34-27(35)18-30(5-2,6-3)33-29(34)32)20-14-15-23(24(17-20)28(31)36)22-16-21-11-9-10-13-26(21)37-19-22/h1,9-11,13-15,17,22,25,28,36H,5-8,12,16,18-19,31H2,2-3H3,(H2,32,33). The number of nitrogens with zero attached hydrogens (tertiary/aromatic N) is 2. The van der Waals surface area contributed by atoms with E-state index in [1.165, 1.54) is 0 Å². The second kappa shape index (κ2) is 11.4. The summed E-state index contributed by atoms with van der Waals surface area (Å²) in [6, 6.07) is 13.6. The van der Waals surface area contributed by atoms with Crippen LogP contribution in [0.4, 0.5) is 0 Å². The first-order chi connectivity index (χ1) is 17.8. The van der Waals surface area contributed by atoms with E-state index in [9.17, 15) is 9.90 Å². The van der Waals surface area contributed by atoms with Crippen LogP contribution in [0.15, 0.2) is 47.5 Å². The molecule has 0 spiro atoms. The third kappa shape index (κ3) is 5.51. The zero-order valence-electron chi connectivity index (χ0n) is 21.8. The molecule has 37 heavy (non-hydrogen) atoms. The molecule has 7 heteroatoms. The van der Waals surface area contributed by atoms with E-state index in [1.807, 2.05) is 50.2 Å². The van der Waals surface area contributed by atoms with Crippen LogP contribution in [0.2, 0.25) is 0 Å². The van der Waals surface area contributed by atoms with Crippen LogP contribution in [-0.2, 0) is 11.2 Å².